The van der Waals surface area contributed by atoms with Crippen molar-refractivity contribution < 1.29 is 4.79 Å². The fourth-order valence-electron chi connectivity index (χ4n) is 3.16. The molecule has 2 aromatic heterocycles. The summed E-state index contributed by atoms with van der Waals surface area (Å²) in [6.45, 7) is 0. The van der Waals surface area contributed by atoms with Crippen molar-refractivity contribution >= 4 is 5.91 Å². The third-order valence-electron chi connectivity index (χ3n) is 4.64. The van der Waals surface area contributed by atoms with Gasteiger partial charge in [-0.25, -0.2) is 15.0 Å². The van der Waals surface area contributed by atoms with Crippen molar-refractivity contribution in [2.75, 3.05) is 0 Å². The predicted octanol–water partition coefficient (Wildman–Crippen LogP) is 2.60. The Kier molecular flexibility index (Phi) is 3.81. The molecule has 0 radical (unpaired) electrons. The molecule has 6 nitrogen and oxygen atoms in total. The number of hydrogen-bond acceptors (Lipinski definition) is 4. The maximum Gasteiger partial charge on any atom is 0.270 e. The van der Waals surface area contributed by atoms with Crippen LogP contribution in [0.1, 0.15) is 67.0 Å². The van der Waals surface area contributed by atoms with Crippen LogP contribution >= 0.6 is 0 Å². The lowest BCUT2D eigenvalue weighted by molar-refractivity contribution is 0.0922. The first kappa shape index (κ1) is 14.4. The molecular weight excluding hydrogens is 290 g/mol. The topological polar surface area (TPSA) is 72.7 Å². The lowest BCUT2D eigenvalue weighted by Crippen LogP contribution is -2.36. The van der Waals surface area contributed by atoms with Crippen LogP contribution in [0.15, 0.2) is 24.8 Å². The van der Waals surface area contributed by atoms with Crippen molar-refractivity contribution in [3.05, 3.63) is 36.2 Å². The van der Waals surface area contributed by atoms with Gasteiger partial charge in [0.1, 0.15) is 12.0 Å². The van der Waals surface area contributed by atoms with Gasteiger partial charge in [0.25, 0.3) is 5.91 Å². The summed E-state index contributed by atoms with van der Waals surface area (Å²) < 4.78 is 1.75. The van der Waals surface area contributed by atoms with Gasteiger partial charge in [-0.05, 0) is 31.7 Å². The number of amides is 1. The van der Waals surface area contributed by atoms with Crippen molar-refractivity contribution in [1.29, 1.82) is 0 Å². The number of aromatic nitrogens is 4. The van der Waals surface area contributed by atoms with E-state index in [0.29, 0.717) is 17.6 Å². The highest BCUT2D eigenvalue weighted by Crippen LogP contribution is 2.39. The van der Waals surface area contributed by atoms with Crippen molar-refractivity contribution in [3.63, 3.8) is 0 Å². The monoisotopic (exact) mass is 311 g/mol. The third kappa shape index (κ3) is 3.25. The highest BCUT2D eigenvalue weighted by Gasteiger charge is 2.28. The molecule has 4 rings (SSSR count). The molecule has 2 aliphatic rings. The summed E-state index contributed by atoms with van der Waals surface area (Å²) in [4.78, 5) is 25.7. The van der Waals surface area contributed by atoms with Gasteiger partial charge < -0.3 is 5.32 Å². The van der Waals surface area contributed by atoms with Gasteiger partial charge in [-0.3, -0.25) is 9.36 Å². The van der Waals surface area contributed by atoms with E-state index in [1.807, 2.05) is 6.07 Å². The molecule has 2 aromatic rings. The largest absolute Gasteiger partial charge is 0.348 e. The van der Waals surface area contributed by atoms with Crippen molar-refractivity contribution in [3.8, 4) is 5.95 Å². The van der Waals surface area contributed by atoms with E-state index >= 15 is 0 Å². The van der Waals surface area contributed by atoms with Crippen LogP contribution < -0.4 is 5.32 Å². The third-order valence-corrected chi connectivity index (χ3v) is 4.64. The Hall–Kier alpha value is -2.24. The SMILES string of the molecule is O=C(NC1CCCCC1)c1cc(C2CC2)nc(-n2ccnc2)n1. The van der Waals surface area contributed by atoms with Gasteiger partial charge in [0.05, 0.1) is 0 Å². The minimum absolute atomic E-state index is 0.0810. The molecular formula is C17H21N5O. The van der Waals surface area contributed by atoms with Crippen LogP contribution in [0.5, 0.6) is 0 Å². The Bertz CT molecular complexity index is 687. The predicted molar refractivity (Wildman–Crippen MR) is 85.5 cm³/mol. The molecule has 6 heteroatoms. The Morgan fingerprint density at radius 2 is 1.96 bits per heavy atom. The summed E-state index contributed by atoms with van der Waals surface area (Å²) in [5.41, 5.74) is 1.44. The zero-order chi connectivity index (χ0) is 15.6. The summed E-state index contributed by atoms with van der Waals surface area (Å²) >= 11 is 0. The minimum Gasteiger partial charge on any atom is -0.348 e. The quantitative estimate of drug-likeness (QED) is 0.942. The number of carbonyl (C=O) groups is 1. The number of nitrogens with one attached hydrogen (secondary N) is 1. The Labute approximate surface area is 135 Å². The van der Waals surface area contributed by atoms with Crippen LogP contribution in [-0.4, -0.2) is 31.5 Å². The van der Waals surface area contributed by atoms with E-state index in [1.165, 1.54) is 19.3 Å². The highest BCUT2D eigenvalue weighted by atomic mass is 16.1. The fourth-order valence-corrected chi connectivity index (χ4v) is 3.16. The number of hydrogen-bond donors (Lipinski definition) is 1. The van der Waals surface area contributed by atoms with E-state index < -0.39 is 0 Å². The Morgan fingerprint density at radius 1 is 1.13 bits per heavy atom. The lowest BCUT2D eigenvalue weighted by Gasteiger charge is -2.22. The smallest absolute Gasteiger partial charge is 0.270 e. The van der Waals surface area contributed by atoms with Gasteiger partial charge in [-0.15, -0.1) is 0 Å². The molecule has 1 N–H and O–H groups in total. The minimum atomic E-state index is -0.0810. The molecule has 120 valence electrons. The molecule has 0 aliphatic heterocycles. The molecule has 0 spiro atoms. The summed E-state index contributed by atoms with van der Waals surface area (Å²) in [5.74, 6) is 0.921. The van der Waals surface area contributed by atoms with E-state index in [1.54, 1.807) is 23.3 Å². The molecule has 23 heavy (non-hydrogen) atoms. The summed E-state index contributed by atoms with van der Waals surface area (Å²) in [6, 6.07) is 2.14. The second kappa shape index (κ2) is 6.10. The molecule has 0 aromatic carbocycles. The maximum atomic E-state index is 12.6. The van der Waals surface area contributed by atoms with Gasteiger partial charge in [0.2, 0.25) is 5.95 Å². The second-order valence-corrected chi connectivity index (χ2v) is 6.53. The van der Waals surface area contributed by atoms with Gasteiger partial charge >= 0.3 is 0 Å². The normalized spacial score (nSPS) is 18.8. The standard InChI is InChI=1S/C17H21N5O/c23-16(19-13-4-2-1-3-5-13)15-10-14(12-6-7-12)20-17(21-15)22-9-8-18-11-22/h8-13H,1-7H2,(H,19,23). The first-order chi connectivity index (χ1) is 11.3. The lowest BCUT2D eigenvalue weighted by atomic mass is 9.95. The van der Waals surface area contributed by atoms with Crippen molar-refractivity contribution in [2.24, 2.45) is 0 Å². The molecule has 1 amide bonds. The molecule has 2 heterocycles. The number of carbonyl (C=O) groups excluding carboxylic acids is 1. The van der Waals surface area contributed by atoms with E-state index in [0.717, 1.165) is 31.4 Å². The Balaban J connectivity index is 1.60. The fraction of sp³-hybridized carbons (Fsp3) is 0.529. The Morgan fingerprint density at radius 3 is 2.65 bits per heavy atom. The zero-order valence-corrected chi connectivity index (χ0v) is 13.1. The summed E-state index contributed by atoms with van der Waals surface area (Å²) in [7, 11) is 0. The molecule has 2 aliphatic carbocycles. The molecule has 0 saturated heterocycles. The number of imidazole rings is 1. The van der Waals surface area contributed by atoms with Gasteiger partial charge in [-0.1, -0.05) is 19.3 Å². The van der Waals surface area contributed by atoms with Crippen molar-refractivity contribution in [1.82, 2.24) is 24.8 Å². The highest BCUT2D eigenvalue weighted by molar-refractivity contribution is 5.92. The van der Waals surface area contributed by atoms with Gasteiger partial charge in [0, 0.05) is 30.0 Å². The van der Waals surface area contributed by atoms with Gasteiger partial charge in [-0.2, -0.15) is 0 Å². The van der Waals surface area contributed by atoms with Crippen LogP contribution in [0.2, 0.25) is 0 Å². The van der Waals surface area contributed by atoms with E-state index in [-0.39, 0.29) is 11.9 Å². The molecule has 0 atom stereocenters. The molecule has 2 fully saturated rings. The maximum absolute atomic E-state index is 12.6. The average Bonchev–Trinajstić information content (AvgIpc) is 3.30. The average molecular weight is 311 g/mol. The molecule has 0 unspecified atom stereocenters. The molecule has 2 saturated carbocycles. The van der Waals surface area contributed by atoms with E-state index in [4.69, 9.17) is 0 Å². The van der Waals surface area contributed by atoms with Crippen LogP contribution in [0.25, 0.3) is 5.95 Å². The van der Waals surface area contributed by atoms with Crippen LogP contribution in [0.3, 0.4) is 0 Å². The van der Waals surface area contributed by atoms with Crippen LogP contribution in [0, 0.1) is 0 Å². The van der Waals surface area contributed by atoms with Crippen LogP contribution in [0.4, 0.5) is 0 Å². The zero-order valence-electron chi connectivity index (χ0n) is 13.1. The van der Waals surface area contributed by atoms with Crippen molar-refractivity contribution in [2.45, 2.75) is 56.9 Å². The van der Waals surface area contributed by atoms with E-state index in [2.05, 4.69) is 20.3 Å². The molecule has 0 bridgehead atoms. The summed E-state index contributed by atoms with van der Waals surface area (Å²) in [5, 5.41) is 3.14. The second-order valence-electron chi connectivity index (χ2n) is 6.53. The summed E-state index contributed by atoms with van der Waals surface area (Å²) in [6.07, 6.45) is 13.2. The van der Waals surface area contributed by atoms with E-state index in [9.17, 15) is 4.79 Å². The number of nitrogens with zero attached hydrogens (tertiary/aromatic N) is 4. The first-order valence-corrected chi connectivity index (χ1v) is 8.48. The van der Waals surface area contributed by atoms with Crippen LogP contribution in [-0.2, 0) is 0 Å². The first-order valence-electron chi connectivity index (χ1n) is 8.48. The number of rotatable bonds is 4. The van der Waals surface area contributed by atoms with Gasteiger partial charge in [0.15, 0.2) is 0 Å².